The lowest BCUT2D eigenvalue weighted by Crippen LogP contribution is -2.41. The first kappa shape index (κ1) is 19.0. The van der Waals surface area contributed by atoms with E-state index in [2.05, 4.69) is 25.6 Å². The van der Waals surface area contributed by atoms with Gasteiger partial charge in [0.25, 0.3) is 11.8 Å². The van der Waals surface area contributed by atoms with Gasteiger partial charge in [-0.2, -0.15) is 13.2 Å². The lowest BCUT2D eigenvalue weighted by atomic mass is 10.1. The minimum Gasteiger partial charge on any atom is -0.451 e. The van der Waals surface area contributed by atoms with Crippen molar-refractivity contribution in [2.24, 2.45) is 0 Å². The molecule has 10 heteroatoms. The summed E-state index contributed by atoms with van der Waals surface area (Å²) in [5.74, 6) is -1.30. The topological polar surface area (TPSA) is 96.3 Å². The molecular formula is C18H13F3N4O3. The minimum atomic E-state index is -4.43. The Kier molecular flexibility index (Phi) is 5.30. The minimum absolute atomic E-state index is 0.0172. The third-order valence-electron chi connectivity index (χ3n) is 3.62. The molecule has 3 aromatic rings. The third kappa shape index (κ3) is 4.47. The average molecular weight is 390 g/mol. The summed E-state index contributed by atoms with van der Waals surface area (Å²) in [7, 11) is 0. The first-order valence-electron chi connectivity index (χ1n) is 7.87. The number of para-hydroxylation sites is 1. The number of oxazole rings is 1. The lowest BCUT2D eigenvalue weighted by Gasteiger charge is -2.13. The van der Waals surface area contributed by atoms with Crippen LogP contribution in [0.25, 0.3) is 0 Å². The zero-order valence-electron chi connectivity index (χ0n) is 14.1. The SMILES string of the molecule is O=C(NNC(=O)c1ccccc1Nc1ccc(C(F)(F)F)cc1)c1cocn1. The number of carbonyl (C=O) groups is 2. The first-order chi connectivity index (χ1) is 13.3. The Morgan fingerprint density at radius 3 is 2.25 bits per heavy atom. The zero-order valence-corrected chi connectivity index (χ0v) is 14.1. The van der Waals surface area contributed by atoms with Crippen molar-refractivity contribution in [3.8, 4) is 0 Å². The number of benzene rings is 2. The van der Waals surface area contributed by atoms with E-state index < -0.39 is 23.6 Å². The molecule has 28 heavy (non-hydrogen) atoms. The molecule has 0 fully saturated rings. The summed E-state index contributed by atoms with van der Waals surface area (Å²) in [4.78, 5) is 27.8. The van der Waals surface area contributed by atoms with Crippen LogP contribution in [-0.2, 0) is 6.18 Å². The van der Waals surface area contributed by atoms with Crippen molar-refractivity contribution in [3.05, 3.63) is 78.0 Å². The highest BCUT2D eigenvalue weighted by molar-refractivity contribution is 6.02. The van der Waals surface area contributed by atoms with Crippen molar-refractivity contribution in [3.63, 3.8) is 0 Å². The number of halogens is 3. The Balaban J connectivity index is 1.70. The maximum absolute atomic E-state index is 12.7. The van der Waals surface area contributed by atoms with Gasteiger partial charge in [0.1, 0.15) is 6.26 Å². The van der Waals surface area contributed by atoms with Crippen LogP contribution >= 0.6 is 0 Å². The second-order valence-electron chi connectivity index (χ2n) is 5.53. The Morgan fingerprint density at radius 2 is 1.61 bits per heavy atom. The molecule has 1 heterocycles. The zero-order chi connectivity index (χ0) is 20.1. The summed E-state index contributed by atoms with van der Waals surface area (Å²) in [6, 6.07) is 10.7. The van der Waals surface area contributed by atoms with Crippen LogP contribution in [0.1, 0.15) is 26.4 Å². The monoisotopic (exact) mass is 390 g/mol. The maximum atomic E-state index is 12.7. The smallest absolute Gasteiger partial charge is 0.416 e. The molecule has 0 atom stereocenters. The van der Waals surface area contributed by atoms with Crippen LogP contribution in [0, 0.1) is 0 Å². The van der Waals surface area contributed by atoms with E-state index in [-0.39, 0.29) is 11.3 Å². The van der Waals surface area contributed by atoms with Gasteiger partial charge in [0.2, 0.25) is 0 Å². The number of carbonyl (C=O) groups excluding carboxylic acids is 2. The molecule has 0 aliphatic rings. The number of amides is 2. The fraction of sp³-hybridized carbons (Fsp3) is 0.0556. The van der Waals surface area contributed by atoms with Gasteiger partial charge in [-0.1, -0.05) is 12.1 Å². The van der Waals surface area contributed by atoms with E-state index in [4.69, 9.17) is 0 Å². The maximum Gasteiger partial charge on any atom is 0.416 e. The number of anilines is 2. The molecule has 0 saturated carbocycles. The highest BCUT2D eigenvalue weighted by Gasteiger charge is 2.30. The van der Waals surface area contributed by atoms with Crippen LogP contribution in [0.4, 0.5) is 24.5 Å². The van der Waals surface area contributed by atoms with Gasteiger partial charge < -0.3 is 9.73 Å². The van der Waals surface area contributed by atoms with E-state index in [1.165, 1.54) is 18.2 Å². The Bertz CT molecular complexity index is 970. The molecule has 144 valence electrons. The molecule has 0 bridgehead atoms. The van der Waals surface area contributed by atoms with Gasteiger partial charge in [0.05, 0.1) is 16.8 Å². The summed E-state index contributed by atoms with van der Waals surface area (Å²) in [6.07, 6.45) is -2.25. The number of hydrogen-bond donors (Lipinski definition) is 3. The quantitative estimate of drug-likeness (QED) is 0.593. The predicted molar refractivity (Wildman–Crippen MR) is 92.6 cm³/mol. The van der Waals surface area contributed by atoms with Crippen molar-refractivity contribution in [1.82, 2.24) is 15.8 Å². The van der Waals surface area contributed by atoms with Gasteiger partial charge in [-0.05, 0) is 36.4 Å². The van der Waals surface area contributed by atoms with Crippen LogP contribution in [-0.4, -0.2) is 16.8 Å². The number of hydrogen-bond acceptors (Lipinski definition) is 5. The van der Waals surface area contributed by atoms with Crippen molar-refractivity contribution in [1.29, 1.82) is 0 Å². The van der Waals surface area contributed by atoms with Gasteiger partial charge in [0, 0.05) is 5.69 Å². The number of rotatable bonds is 4. The van der Waals surface area contributed by atoms with E-state index in [0.717, 1.165) is 24.8 Å². The van der Waals surface area contributed by atoms with Crippen LogP contribution in [0.5, 0.6) is 0 Å². The van der Waals surface area contributed by atoms with E-state index >= 15 is 0 Å². The molecule has 0 aliphatic heterocycles. The van der Waals surface area contributed by atoms with Gasteiger partial charge in [-0.25, -0.2) is 4.98 Å². The predicted octanol–water partition coefficient (Wildman–Crippen LogP) is 3.51. The first-order valence-corrected chi connectivity index (χ1v) is 7.87. The number of nitrogens with zero attached hydrogens (tertiary/aromatic N) is 1. The second kappa shape index (κ2) is 7.82. The van der Waals surface area contributed by atoms with E-state index in [0.29, 0.717) is 11.4 Å². The number of aromatic nitrogens is 1. The normalized spacial score (nSPS) is 11.0. The Labute approximate surface area is 156 Å². The standard InChI is InChI=1S/C18H13F3N4O3/c19-18(20,21)11-5-7-12(8-6-11)23-14-4-2-1-3-13(14)16(26)24-25-17(27)15-9-28-10-22-15/h1-10,23H,(H,24,26)(H,25,27). The van der Waals surface area contributed by atoms with E-state index in [9.17, 15) is 22.8 Å². The summed E-state index contributed by atoms with van der Waals surface area (Å²) in [5.41, 5.74) is 4.50. The number of nitrogens with one attached hydrogen (secondary N) is 3. The average Bonchev–Trinajstić information content (AvgIpc) is 3.21. The molecule has 3 N–H and O–H groups in total. The third-order valence-corrected chi connectivity index (χ3v) is 3.62. The molecule has 7 nitrogen and oxygen atoms in total. The summed E-state index contributed by atoms with van der Waals surface area (Å²) in [5, 5.41) is 2.88. The van der Waals surface area contributed by atoms with Crippen molar-refractivity contribution < 1.29 is 27.2 Å². The largest absolute Gasteiger partial charge is 0.451 e. The van der Waals surface area contributed by atoms with Crippen molar-refractivity contribution >= 4 is 23.2 Å². The molecule has 0 saturated heterocycles. The molecule has 1 aromatic heterocycles. The number of alkyl halides is 3. The number of hydrazine groups is 1. The molecule has 0 unspecified atom stereocenters. The van der Waals surface area contributed by atoms with Crippen LogP contribution in [0.2, 0.25) is 0 Å². The summed E-state index contributed by atoms with van der Waals surface area (Å²) in [6.45, 7) is 0. The second-order valence-corrected chi connectivity index (χ2v) is 5.53. The molecule has 2 aromatic carbocycles. The molecule has 0 spiro atoms. The van der Waals surface area contributed by atoms with E-state index in [1.807, 2.05) is 0 Å². The van der Waals surface area contributed by atoms with Crippen LogP contribution < -0.4 is 16.2 Å². The van der Waals surface area contributed by atoms with Gasteiger partial charge in [0.15, 0.2) is 12.1 Å². The Hall–Kier alpha value is -3.82. The lowest BCUT2D eigenvalue weighted by molar-refractivity contribution is -0.137. The van der Waals surface area contributed by atoms with Crippen LogP contribution in [0.15, 0.2) is 65.6 Å². The van der Waals surface area contributed by atoms with Gasteiger partial charge >= 0.3 is 6.18 Å². The van der Waals surface area contributed by atoms with Gasteiger partial charge in [-0.15, -0.1) is 0 Å². The molecule has 0 radical (unpaired) electrons. The highest BCUT2D eigenvalue weighted by atomic mass is 19.4. The van der Waals surface area contributed by atoms with Crippen LogP contribution in [0.3, 0.4) is 0 Å². The van der Waals surface area contributed by atoms with E-state index in [1.54, 1.807) is 18.2 Å². The molecular weight excluding hydrogens is 377 g/mol. The fourth-order valence-electron chi connectivity index (χ4n) is 2.26. The van der Waals surface area contributed by atoms with Gasteiger partial charge in [-0.3, -0.25) is 20.4 Å². The molecule has 2 amide bonds. The molecule has 0 aliphatic carbocycles. The fourth-order valence-corrected chi connectivity index (χ4v) is 2.26. The Morgan fingerprint density at radius 1 is 0.929 bits per heavy atom. The van der Waals surface area contributed by atoms with Crippen molar-refractivity contribution in [2.45, 2.75) is 6.18 Å². The van der Waals surface area contributed by atoms with Crippen molar-refractivity contribution in [2.75, 3.05) is 5.32 Å². The molecule has 3 rings (SSSR count). The summed E-state index contributed by atoms with van der Waals surface area (Å²) < 4.78 is 42.6. The highest BCUT2D eigenvalue weighted by Crippen LogP contribution is 2.30. The summed E-state index contributed by atoms with van der Waals surface area (Å²) >= 11 is 0.